The molecule has 6 aromatic heterocycles. The third-order valence-corrected chi connectivity index (χ3v) is 9.73. The summed E-state index contributed by atoms with van der Waals surface area (Å²) >= 11 is 0. The highest BCUT2D eigenvalue weighted by atomic mass is 16.2. The number of anilines is 3. The molecule has 0 aliphatic carbocycles. The molecule has 0 saturated carbocycles. The van der Waals surface area contributed by atoms with E-state index in [4.69, 9.17) is 74.5 Å². The van der Waals surface area contributed by atoms with Gasteiger partial charge < -0.3 is 58.9 Å². The summed E-state index contributed by atoms with van der Waals surface area (Å²) in [5.74, 6) is -16.6. The zero-order valence-electron chi connectivity index (χ0n) is 78.6. The van der Waals surface area contributed by atoms with E-state index in [1.54, 1.807) is 0 Å². The number of H-pyrrole nitrogens is 3. The average Bonchev–Trinajstić information content (AvgIpc) is 1.03. The van der Waals surface area contributed by atoms with Crippen molar-refractivity contribution >= 4 is 68.3 Å². The van der Waals surface area contributed by atoms with Gasteiger partial charge in [-0.1, -0.05) is 20.6 Å². The number of piperidine rings is 3. The number of carbonyl (C=O) groups excluding carboxylic acids is 3. The minimum atomic E-state index is -3.95. The topological polar surface area (TPSA) is 208 Å². The SMILES string of the molecule is [2H]c1c(C)[nH]c2ncnc(N(C([2H])([2H])[2H])[C@]3([2H])[C@H](C([2H])([2H])[2H])C([2H])([2H])C([2H])([2H])N(C(=O)C[N+]#[C-])C3([2H])[2H])c12.[2H]c1c(C)[nH]c2ncnc(N([C@@H]3[C@H](C([2H])([2H])[2H])C([2H])([2H])C([2H])([2H])N(C(=O)C[N+]#[C-])C3([2H])[2H])C([2H])([2H])[2H])c12.[2H]c1c(C)[nH]c2ncnc(N([C@H]3C([2H])([2H])N(C(=O)C[N+]#[C-])C([2H])([2H])C([2H])([2H])[C@@]3([2H])C([2H])([2H])[2H])C([2H])([2H])[2H])c12. The molecular weight excluding hydrogens is 913 g/mol. The van der Waals surface area contributed by atoms with Gasteiger partial charge in [0.1, 0.15) is 53.4 Å². The molecule has 3 aliphatic heterocycles. The van der Waals surface area contributed by atoms with Crippen molar-refractivity contribution < 1.29 is 70.6 Å². The van der Waals surface area contributed by atoms with Gasteiger partial charge >= 0.3 is 17.7 Å². The van der Waals surface area contributed by atoms with E-state index in [9.17, 15) is 15.8 Å². The summed E-state index contributed by atoms with van der Waals surface area (Å²) < 4.78 is 342. The molecule has 3 amide bonds. The molecule has 21 heteroatoms. The summed E-state index contributed by atoms with van der Waals surface area (Å²) in [4.78, 5) is 77.3. The van der Waals surface area contributed by atoms with Crippen LogP contribution < -0.4 is 14.7 Å². The van der Waals surface area contributed by atoms with Crippen LogP contribution in [0.5, 0.6) is 0 Å². The molecule has 21 nitrogen and oxygen atoms in total. The fourth-order valence-corrected chi connectivity index (χ4v) is 6.49. The van der Waals surface area contributed by atoms with Crippen molar-refractivity contribution in [3.63, 3.8) is 0 Å². The van der Waals surface area contributed by atoms with Gasteiger partial charge in [0.15, 0.2) is 0 Å². The number of rotatable bonds is 9. The quantitative estimate of drug-likeness (QED) is 0.152. The minimum Gasteiger partial charge on any atom is -0.354 e. The first kappa shape index (κ1) is 20.7. The third kappa shape index (κ3) is 11.5. The standard InChI is InChI=1S/3C17H22N6O/c3*1-11-5-6-23(15(24)8-18-3)9-14(11)22(4)17-13-7-12(2)21-16(13)19-10-20-17/h3*7,10-11,14H,5-6,8-9H2,1-2,4H3,(H,19,20,21)/t3*11-,14+/m111/s1/i1D3,4D3,5D2,6D2,7D,9D2,14D;1D3,4D3,5D2,6D2,7D,9D2,11D;1D3,4D3,5D2,6D2,7D,9D2. The van der Waals surface area contributed by atoms with Crippen molar-refractivity contribution in [2.45, 2.75) is 78.5 Å². The highest BCUT2D eigenvalue weighted by Crippen LogP contribution is 2.32. The maximum Gasteiger partial charge on any atom is 0.302 e. The average molecular weight is 1020 g/mol. The summed E-state index contributed by atoms with van der Waals surface area (Å²) in [6.45, 7) is -22.4. The Morgan fingerprint density at radius 3 is 1.44 bits per heavy atom. The van der Waals surface area contributed by atoms with Crippen molar-refractivity contribution in [3.05, 3.63) is 88.4 Å². The molecule has 9 rings (SSSR count). The Hall–Kier alpha value is -7.86. The Morgan fingerprint density at radius 2 is 1.01 bits per heavy atom. The number of nitrogens with one attached hydrogen (secondary N) is 3. The second-order valence-corrected chi connectivity index (χ2v) is 14.8. The Balaban J connectivity index is 0.000000235. The van der Waals surface area contributed by atoms with E-state index in [0.29, 0.717) is 0 Å². The lowest BCUT2D eigenvalue weighted by atomic mass is 9.92. The lowest BCUT2D eigenvalue weighted by Crippen LogP contribution is -2.53. The number of likely N-dealkylation sites (N-methyl/N-ethyl adjacent to an activating group) is 3. The zero-order chi connectivity index (χ0) is 87.4. The third-order valence-electron chi connectivity index (χ3n) is 9.73. The van der Waals surface area contributed by atoms with Gasteiger partial charge in [0.05, 0.1) is 48.0 Å². The second-order valence-electron chi connectivity index (χ2n) is 14.8. The van der Waals surface area contributed by atoms with Crippen LogP contribution in [0.2, 0.25) is 0 Å². The maximum atomic E-state index is 12.9. The lowest BCUT2D eigenvalue weighted by molar-refractivity contribution is -0.131. The van der Waals surface area contributed by atoms with Crippen LogP contribution in [0.1, 0.15) is 113 Å². The van der Waals surface area contributed by atoms with Crippen molar-refractivity contribution in [1.82, 2.24) is 59.6 Å². The van der Waals surface area contributed by atoms with Crippen LogP contribution in [0.15, 0.2) is 37.1 Å². The van der Waals surface area contributed by atoms with Crippen LogP contribution in [0.25, 0.3) is 47.6 Å². The molecule has 3 fully saturated rings. The van der Waals surface area contributed by atoms with Crippen molar-refractivity contribution in [1.29, 1.82) is 0 Å². The van der Waals surface area contributed by atoms with Crippen molar-refractivity contribution in [2.75, 3.05) is 94.2 Å². The number of amides is 3. The number of aromatic amines is 3. The summed E-state index contributed by atoms with van der Waals surface area (Å²) in [6, 6.07) is -10.4. The summed E-state index contributed by atoms with van der Waals surface area (Å²) in [7, 11) is 0. The molecule has 0 radical (unpaired) electrons. The van der Waals surface area contributed by atoms with Crippen LogP contribution >= 0.6 is 0 Å². The minimum absolute atomic E-state index is 0.0207. The predicted molar refractivity (Wildman–Crippen MR) is 278 cm³/mol. The summed E-state index contributed by atoms with van der Waals surface area (Å²) in [5.41, 5.74) is 0.283. The molecule has 72 heavy (non-hydrogen) atoms. The van der Waals surface area contributed by atoms with Gasteiger partial charge in [0.2, 0.25) is 0 Å². The Kier molecular flexibility index (Phi) is 6.59. The van der Waals surface area contributed by atoms with Gasteiger partial charge in [0, 0.05) is 119 Å². The number of likely N-dealkylation sites (tertiary alicyclic amines) is 3. The molecule has 0 aromatic carbocycles. The fourth-order valence-electron chi connectivity index (χ4n) is 6.49. The number of hydrogen-bond donors (Lipinski definition) is 3. The fraction of sp³-hybridized carbons (Fsp3) is 0.529. The predicted octanol–water partition coefficient (Wildman–Crippen LogP) is 5.58. The molecule has 9 heterocycles. The van der Waals surface area contributed by atoms with Crippen LogP contribution in [-0.2, 0) is 14.4 Å². The van der Waals surface area contributed by atoms with E-state index >= 15 is 0 Å². The highest BCUT2D eigenvalue weighted by molar-refractivity contribution is 5.90. The number of hydrogen-bond acceptors (Lipinski definition) is 12. The van der Waals surface area contributed by atoms with Gasteiger partial charge in [-0.15, -0.1) is 0 Å². The number of nitrogens with zero attached hydrogens (tertiary/aromatic N) is 15. The first-order chi connectivity index (χ1) is 50.6. The summed E-state index contributed by atoms with van der Waals surface area (Å²) in [6.07, 6.45) is -8.79. The highest BCUT2D eigenvalue weighted by Gasteiger charge is 2.36. The molecule has 3 saturated heterocycles. The molecule has 3 N–H and O–H groups in total. The van der Waals surface area contributed by atoms with E-state index < -0.39 is 195 Å². The van der Waals surface area contributed by atoms with Crippen LogP contribution in [0, 0.1) is 58.2 Å². The Labute approximate surface area is 478 Å². The molecule has 0 unspecified atom stereocenters. The molecule has 0 bridgehead atoms. The van der Waals surface area contributed by atoms with E-state index in [1.807, 2.05) is 0 Å². The summed E-state index contributed by atoms with van der Waals surface area (Å²) in [5, 5.41) is -0.914. The van der Waals surface area contributed by atoms with Gasteiger partial charge in [0.25, 0.3) is 19.6 Å². The lowest BCUT2D eigenvalue weighted by Gasteiger charge is -2.41. The van der Waals surface area contributed by atoms with Crippen molar-refractivity contribution in [2.24, 2.45) is 17.7 Å². The molecular formula is C51H66N18O3. The smallest absolute Gasteiger partial charge is 0.302 e. The van der Waals surface area contributed by atoms with E-state index in [-0.39, 0.29) is 92.8 Å². The normalized spacial score (nSPS) is 38.6. The number of carbonyl (C=O) groups is 3. The largest absolute Gasteiger partial charge is 0.354 e. The van der Waals surface area contributed by atoms with E-state index in [0.717, 1.165) is 19.0 Å². The van der Waals surface area contributed by atoms with Crippen LogP contribution in [-0.4, -0.2) is 175 Å². The van der Waals surface area contributed by atoms with E-state index in [1.165, 1.54) is 20.8 Å². The molecule has 3 aliphatic rings. The first-order valence-electron chi connectivity index (χ1n) is 40.9. The maximum absolute atomic E-state index is 12.9. The monoisotopic (exact) mass is 1020 g/mol. The van der Waals surface area contributed by atoms with Crippen LogP contribution in [0.3, 0.4) is 0 Å². The van der Waals surface area contributed by atoms with Crippen LogP contribution in [0.4, 0.5) is 17.5 Å². The molecule has 6 aromatic rings. The molecule has 6 atom stereocenters. The van der Waals surface area contributed by atoms with Gasteiger partial charge in [-0.3, -0.25) is 14.4 Å². The van der Waals surface area contributed by atoms with Gasteiger partial charge in [-0.25, -0.2) is 49.6 Å². The number of aryl methyl sites for hydroxylation is 3. The molecule has 0 spiro atoms. The first-order valence-corrected chi connectivity index (χ1v) is 20.4. The Bertz CT molecular complexity index is 4830. The van der Waals surface area contributed by atoms with E-state index in [2.05, 4.69) is 59.4 Å². The van der Waals surface area contributed by atoms with Gasteiger partial charge in [-0.2, -0.15) is 0 Å². The zero-order valence-corrected chi connectivity index (χ0v) is 37.6. The number of fused-ring (bicyclic) bond motifs is 3. The van der Waals surface area contributed by atoms with Gasteiger partial charge in [-0.05, 0) is 75.7 Å². The van der Waals surface area contributed by atoms with Crippen molar-refractivity contribution in [3.8, 4) is 0 Å². The Morgan fingerprint density at radius 1 is 0.611 bits per heavy atom. The number of aromatic nitrogens is 9. The molecule has 378 valence electrons. The second kappa shape index (κ2) is 22.9.